The molecule has 24 heavy (non-hydrogen) atoms. The Morgan fingerprint density at radius 3 is 2.92 bits per heavy atom. The molecule has 2 bridgehead atoms. The number of para-hydroxylation sites is 1. The molecule has 7 rings (SSSR count). The quantitative estimate of drug-likeness (QED) is 0.834. The molecular weight excluding hydrogens is 300 g/mol. The molecule has 3 aliphatic carbocycles. The van der Waals surface area contributed by atoms with E-state index in [1.165, 1.54) is 37.1 Å². The summed E-state index contributed by atoms with van der Waals surface area (Å²) >= 11 is 0. The van der Waals surface area contributed by atoms with Gasteiger partial charge in [0, 0.05) is 17.1 Å². The van der Waals surface area contributed by atoms with Crippen molar-refractivity contribution in [3.63, 3.8) is 0 Å². The molecule has 2 N–H and O–H groups in total. The molecule has 0 aromatic heterocycles. The molecule has 3 spiro atoms. The fourth-order valence-electron chi connectivity index (χ4n) is 7.90. The van der Waals surface area contributed by atoms with E-state index in [4.69, 9.17) is 0 Å². The van der Waals surface area contributed by atoms with Crippen molar-refractivity contribution in [1.82, 2.24) is 4.90 Å². The predicted octanol–water partition coefficient (Wildman–Crippen LogP) is 2.84. The molecule has 3 aliphatic heterocycles. The maximum absolute atomic E-state index is 12.3. The van der Waals surface area contributed by atoms with E-state index in [1.807, 2.05) is 0 Å². The van der Waals surface area contributed by atoms with E-state index in [0.29, 0.717) is 6.04 Å². The Balaban J connectivity index is 1.67. The van der Waals surface area contributed by atoms with E-state index in [0.717, 1.165) is 25.8 Å². The minimum absolute atomic E-state index is 0.00354. The third kappa shape index (κ3) is 1.20. The number of aliphatic carboxylic acids is 1. The van der Waals surface area contributed by atoms with Crippen LogP contribution in [-0.2, 0) is 10.2 Å². The molecular formula is C20H24N2O2. The van der Waals surface area contributed by atoms with Crippen molar-refractivity contribution in [2.75, 3.05) is 18.4 Å². The number of piperidine rings is 1. The fraction of sp³-hybridized carbons (Fsp3) is 0.650. The number of carbonyl (C=O) groups is 1. The smallest absolute Gasteiger partial charge is 0.308 e. The van der Waals surface area contributed by atoms with Crippen LogP contribution in [0.5, 0.6) is 0 Å². The van der Waals surface area contributed by atoms with Gasteiger partial charge in [-0.2, -0.15) is 0 Å². The molecule has 4 nitrogen and oxygen atoms in total. The zero-order valence-corrected chi connectivity index (χ0v) is 13.9. The van der Waals surface area contributed by atoms with Crippen LogP contribution >= 0.6 is 0 Å². The third-order valence-corrected chi connectivity index (χ3v) is 8.41. The first-order chi connectivity index (χ1) is 11.6. The number of rotatable bonds is 1. The summed E-state index contributed by atoms with van der Waals surface area (Å²) in [6.07, 6.45) is 6.65. The van der Waals surface area contributed by atoms with Gasteiger partial charge in [-0.3, -0.25) is 9.69 Å². The van der Waals surface area contributed by atoms with Gasteiger partial charge in [0.1, 0.15) is 0 Å². The van der Waals surface area contributed by atoms with Crippen LogP contribution in [0.15, 0.2) is 24.3 Å². The van der Waals surface area contributed by atoms with E-state index in [1.54, 1.807) is 0 Å². The number of benzene rings is 1. The summed E-state index contributed by atoms with van der Waals surface area (Å²) < 4.78 is 0. The van der Waals surface area contributed by atoms with Crippen molar-refractivity contribution in [3.05, 3.63) is 29.8 Å². The maximum Gasteiger partial charge on any atom is 0.308 e. The van der Waals surface area contributed by atoms with Crippen LogP contribution in [0, 0.1) is 11.3 Å². The Morgan fingerprint density at radius 2 is 2.04 bits per heavy atom. The van der Waals surface area contributed by atoms with E-state index >= 15 is 0 Å². The average Bonchev–Trinajstić information content (AvgIpc) is 3.13. The van der Waals surface area contributed by atoms with E-state index in [2.05, 4.69) is 34.5 Å². The van der Waals surface area contributed by atoms with Gasteiger partial charge in [-0.25, -0.2) is 0 Å². The summed E-state index contributed by atoms with van der Waals surface area (Å²) in [5.41, 5.74) is 2.56. The Labute approximate surface area is 142 Å². The van der Waals surface area contributed by atoms with Crippen LogP contribution < -0.4 is 5.32 Å². The molecule has 3 unspecified atom stereocenters. The number of fused-ring (bicyclic) bond motifs is 3. The number of anilines is 1. The highest BCUT2D eigenvalue weighted by atomic mass is 16.4. The van der Waals surface area contributed by atoms with Crippen LogP contribution in [0.3, 0.4) is 0 Å². The highest BCUT2D eigenvalue weighted by molar-refractivity contribution is 5.79. The molecule has 4 heteroatoms. The van der Waals surface area contributed by atoms with Crippen molar-refractivity contribution in [3.8, 4) is 0 Å². The number of hydrogen-bond donors (Lipinski definition) is 2. The lowest BCUT2D eigenvalue weighted by molar-refractivity contribution is -0.168. The summed E-state index contributed by atoms with van der Waals surface area (Å²) in [4.78, 5) is 15.0. The van der Waals surface area contributed by atoms with Gasteiger partial charge in [0.25, 0.3) is 0 Å². The fourth-order valence-corrected chi connectivity index (χ4v) is 7.90. The number of nitrogens with zero attached hydrogens (tertiary/aromatic N) is 1. The molecule has 1 aromatic rings. The Bertz CT molecular complexity index is 764. The highest BCUT2D eigenvalue weighted by Gasteiger charge is 2.78. The molecule has 5 fully saturated rings. The summed E-state index contributed by atoms with van der Waals surface area (Å²) in [7, 11) is 0. The lowest BCUT2D eigenvalue weighted by Crippen LogP contribution is -2.76. The van der Waals surface area contributed by atoms with Crippen LogP contribution in [0.25, 0.3) is 0 Å². The second-order valence-electron chi connectivity index (χ2n) is 8.86. The van der Waals surface area contributed by atoms with Gasteiger partial charge >= 0.3 is 5.97 Å². The van der Waals surface area contributed by atoms with Gasteiger partial charge in [0.05, 0.1) is 11.5 Å². The monoisotopic (exact) mass is 324 g/mol. The summed E-state index contributed by atoms with van der Waals surface area (Å²) in [6.45, 7) is 2.33. The second-order valence-corrected chi connectivity index (χ2v) is 8.86. The standard InChI is InChI=1S/C20H24N2O2/c23-16(24)14-12-18-6-3-10-22-11-9-19(17(18)22)13-4-1-2-5-15(13)21-20(14,19)8-7-18/h1-2,4-5,14,17,21H,3,6-12H2,(H,23,24)/t14?,17-,18?,19+,20?/m0/s1. The van der Waals surface area contributed by atoms with Crippen molar-refractivity contribution < 1.29 is 9.90 Å². The van der Waals surface area contributed by atoms with Crippen molar-refractivity contribution in [1.29, 1.82) is 0 Å². The highest BCUT2D eigenvalue weighted by Crippen LogP contribution is 2.74. The molecule has 2 saturated heterocycles. The van der Waals surface area contributed by atoms with Crippen molar-refractivity contribution in [2.24, 2.45) is 11.3 Å². The minimum Gasteiger partial charge on any atom is -0.481 e. The molecule has 0 radical (unpaired) electrons. The predicted molar refractivity (Wildman–Crippen MR) is 91.1 cm³/mol. The van der Waals surface area contributed by atoms with E-state index in [9.17, 15) is 9.90 Å². The Kier molecular flexibility index (Phi) is 2.28. The third-order valence-electron chi connectivity index (χ3n) is 8.41. The minimum atomic E-state index is -0.587. The van der Waals surface area contributed by atoms with Crippen LogP contribution in [0.1, 0.15) is 44.1 Å². The molecule has 3 saturated carbocycles. The first kappa shape index (κ1) is 13.7. The van der Waals surface area contributed by atoms with Crippen molar-refractivity contribution >= 4 is 11.7 Å². The summed E-state index contributed by atoms with van der Waals surface area (Å²) in [6, 6.07) is 9.22. The van der Waals surface area contributed by atoms with Gasteiger partial charge in [0.2, 0.25) is 0 Å². The Morgan fingerprint density at radius 1 is 1.17 bits per heavy atom. The Hall–Kier alpha value is -1.55. The first-order valence-corrected chi connectivity index (χ1v) is 9.48. The summed E-state index contributed by atoms with van der Waals surface area (Å²) in [5, 5.41) is 13.9. The molecule has 3 heterocycles. The molecule has 1 aromatic carbocycles. The molecule has 126 valence electrons. The van der Waals surface area contributed by atoms with Gasteiger partial charge in [-0.05, 0) is 68.7 Å². The summed E-state index contributed by atoms with van der Waals surface area (Å²) in [5.74, 6) is -0.843. The molecule has 6 aliphatic rings. The average molecular weight is 324 g/mol. The van der Waals surface area contributed by atoms with Crippen LogP contribution in [0.4, 0.5) is 5.69 Å². The molecule has 0 amide bonds. The molecule has 5 atom stereocenters. The second kappa shape index (κ2) is 3.98. The maximum atomic E-state index is 12.3. The van der Waals surface area contributed by atoms with Gasteiger partial charge in [0.15, 0.2) is 0 Å². The lowest BCUT2D eigenvalue weighted by atomic mass is 9.39. The van der Waals surface area contributed by atoms with Gasteiger partial charge in [-0.1, -0.05) is 18.2 Å². The number of hydrogen-bond acceptors (Lipinski definition) is 3. The van der Waals surface area contributed by atoms with E-state index < -0.39 is 5.97 Å². The number of carboxylic acids is 1. The van der Waals surface area contributed by atoms with Crippen LogP contribution in [-0.4, -0.2) is 40.6 Å². The van der Waals surface area contributed by atoms with E-state index in [-0.39, 0.29) is 22.3 Å². The SMILES string of the molecule is O=C(O)C1CC23CCCN4CC[C@@]5(c6ccccc6NC15CC2)[C@@H]43. The zero-order chi connectivity index (χ0) is 16.2. The first-order valence-electron chi connectivity index (χ1n) is 9.48. The van der Waals surface area contributed by atoms with Crippen molar-refractivity contribution in [2.45, 2.75) is 55.5 Å². The lowest BCUT2D eigenvalue weighted by Gasteiger charge is -2.68. The van der Waals surface area contributed by atoms with Gasteiger partial charge in [-0.15, -0.1) is 0 Å². The normalized spacial score (nSPS) is 47.7. The zero-order valence-electron chi connectivity index (χ0n) is 13.9. The number of nitrogens with one attached hydrogen (secondary N) is 1. The largest absolute Gasteiger partial charge is 0.481 e. The van der Waals surface area contributed by atoms with Gasteiger partial charge < -0.3 is 10.4 Å². The van der Waals surface area contributed by atoms with Crippen LogP contribution in [0.2, 0.25) is 0 Å². The topological polar surface area (TPSA) is 52.6 Å². The number of carboxylic acid groups (broad SMARTS) is 1.